The molecule has 162 valence electrons. The van der Waals surface area contributed by atoms with Crippen molar-refractivity contribution < 1.29 is 19.1 Å². The minimum Gasteiger partial charge on any atom is -0.465 e. The number of benzene rings is 1. The fraction of sp³-hybridized carbons (Fsp3) is 0.500. The van der Waals surface area contributed by atoms with Gasteiger partial charge in [0.25, 0.3) is 0 Å². The van der Waals surface area contributed by atoms with E-state index in [2.05, 4.69) is 11.8 Å². The van der Waals surface area contributed by atoms with Crippen LogP contribution in [-0.2, 0) is 15.9 Å². The molecule has 1 amide bonds. The summed E-state index contributed by atoms with van der Waals surface area (Å²) in [5.74, 6) is -0.348. The molecule has 1 aromatic carbocycles. The van der Waals surface area contributed by atoms with Crippen LogP contribution in [0.4, 0.5) is 9.93 Å². The van der Waals surface area contributed by atoms with Crippen LogP contribution in [0.2, 0.25) is 0 Å². The third kappa shape index (κ3) is 5.11. The molecule has 0 spiro atoms. The Kier molecular flexibility index (Phi) is 6.65. The van der Waals surface area contributed by atoms with Gasteiger partial charge in [-0.05, 0) is 39.3 Å². The van der Waals surface area contributed by atoms with E-state index in [9.17, 15) is 9.59 Å². The van der Waals surface area contributed by atoms with Gasteiger partial charge in [0, 0.05) is 36.6 Å². The van der Waals surface area contributed by atoms with Gasteiger partial charge in [-0.2, -0.15) is 0 Å². The number of thiazole rings is 1. The molecule has 1 aromatic heterocycles. The van der Waals surface area contributed by atoms with Crippen LogP contribution in [0.1, 0.15) is 42.9 Å². The molecule has 0 unspecified atom stereocenters. The van der Waals surface area contributed by atoms with Crippen molar-refractivity contribution >= 4 is 28.5 Å². The van der Waals surface area contributed by atoms with E-state index >= 15 is 0 Å². The van der Waals surface area contributed by atoms with E-state index < -0.39 is 5.60 Å². The largest absolute Gasteiger partial charge is 0.465 e. The normalized spacial score (nSPS) is 14.6. The lowest BCUT2D eigenvalue weighted by atomic mass is 10.1. The summed E-state index contributed by atoms with van der Waals surface area (Å²) < 4.78 is 10.2. The summed E-state index contributed by atoms with van der Waals surface area (Å²) in [6.07, 6.45) is 0.616. The summed E-state index contributed by atoms with van der Waals surface area (Å²) in [4.78, 5) is 34.0. The van der Waals surface area contributed by atoms with Crippen molar-refractivity contribution in [1.82, 2.24) is 9.88 Å². The highest BCUT2D eigenvalue weighted by Gasteiger charge is 2.27. The Labute approximate surface area is 181 Å². The van der Waals surface area contributed by atoms with Gasteiger partial charge in [0.1, 0.15) is 5.60 Å². The van der Waals surface area contributed by atoms with Crippen molar-refractivity contribution in [2.45, 2.75) is 39.7 Å². The minimum atomic E-state index is -0.488. The average molecular weight is 432 g/mol. The molecule has 8 heteroatoms. The Morgan fingerprint density at radius 3 is 2.27 bits per heavy atom. The zero-order valence-corrected chi connectivity index (χ0v) is 19.0. The number of methoxy groups -OCH3 is 1. The highest BCUT2D eigenvalue weighted by Crippen LogP contribution is 2.34. The average Bonchev–Trinajstić information content (AvgIpc) is 3.16. The molecule has 0 aliphatic carbocycles. The third-order valence-corrected chi connectivity index (χ3v) is 6.05. The molecule has 7 nitrogen and oxygen atoms in total. The second-order valence-corrected chi connectivity index (χ2v) is 9.21. The monoisotopic (exact) mass is 431 g/mol. The SMILES string of the molecule is CCc1sc(N2CCN(C(=O)OC(C)(C)C)CC2)nc1-c1ccc(C(=O)OC)cc1. The maximum atomic E-state index is 12.3. The van der Waals surface area contributed by atoms with Crippen LogP contribution in [0.3, 0.4) is 0 Å². The van der Waals surface area contributed by atoms with Gasteiger partial charge in [0.05, 0.1) is 18.4 Å². The number of hydrogen-bond acceptors (Lipinski definition) is 7. The third-order valence-electron chi connectivity index (χ3n) is 4.79. The summed E-state index contributed by atoms with van der Waals surface area (Å²) in [6, 6.07) is 7.34. The van der Waals surface area contributed by atoms with E-state index in [1.54, 1.807) is 28.4 Å². The first kappa shape index (κ1) is 22.1. The number of amides is 1. The first-order valence-electron chi connectivity index (χ1n) is 10.1. The van der Waals surface area contributed by atoms with Gasteiger partial charge in [-0.1, -0.05) is 19.1 Å². The van der Waals surface area contributed by atoms with Crippen LogP contribution < -0.4 is 4.90 Å². The zero-order valence-electron chi connectivity index (χ0n) is 18.2. The second kappa shape index (κ2) is 9.04. The van der Waals surface area contributed by atoms with Gasteiger partial charge >= 0.3 is 12.1 Å². The van der Waals surface area contributed by atoms with E-state index in [1.807, 2.05) is 32.9 Å². The Morgan fingerprint density at radius 2 is 1.73 bits per heavy atom. The molecule has 1 aliphatic heterocycles. The molecule has 2 heterocycles. The Hall–Kier alpha value is -2.61. The standard InChI is InChI=1S/C22H29N3O4S/c1-6-17-18(15-7-9-16(10-8-15)19(26)28-5)23-20(30-17)24-11-13-25(14-12-24)21(27)29-22(2,3)4/h7-10H,6,11-14H2,1-5H3. The summed E-state index contributed by atoms with van der Waals surface area (Å²) in [5, 5.41) is 0.961. The van der Waals surface area contributed by atoms with Crippen LogP contribution >= 0.6 is 11.3 Å². The van der Waals surface area contributed by atoms with E-state index in [4.69, 9.17) is 14.5 Å². The number of aryl methyl sites for hydroxylation is 1. The Balaban J connectivity index is 1.71. The first-order chi connectivity index (χ1) is 14.2. The van der Waals surface area contributed by atoms with Crippen LogP contribution in [-0.4, -0.2) is 60.8 Å². The predicted octanol–water partition coefficient (Wildman–Crippen LogP) is 4.22. The highest BCUT2D eigenvalue weighted by molar-refractivity contribution is 7.16. The predicted molar refractivity (Wildman–Crippen MR) is 118 cm³/mol. The zero-order chi connectivity index (χ0) is 21.9. The molecule has 0 radical (unpaired) electrons. The van der Waals surface area contributed by atoms with Crippen LogP contribution in [0.15, 0.2) is 24.3 Å². The molecule has 0 N–H and O–H groups in total. The second-order valence-electron chi connectivity index (χ2n) is 8.15. The van der Waals surface area contributed by atoms with E-state index in [0.29, 0.717) is 18.7 Å². The molecule has 1 saturated heterocycles. The maximum absolute atomic E-state index is 12.3. The number of esters is 1. The number of rotatable bonds is 4. The van der Waals surface area contributed by atoms with E-state index in [0.717, 1.165) is 35.9 Å². The molecule has 2 aromatic rings. The topological polar surface area (TPSA) is 72.0 Å². The number of ether oxygens (including phenoxy) is 2. The number of aromatic nitrogens is 1. The number of carbonyl (C=O) groups excluding carboxylic acids is 2. The number of piperazine rings is 1. The minimum absolute atomic E-state index is 0.262. The van der Waals surface area contributed by atoms with Crippen molar-refractivity contribution in [3.05, 3.63) is 34.7 Å². The van der Waals surface area contributed by atoms with Gasteiger partial charge in [-0.15, -0.1) is 11.3 Å². The summed E-state index contributed by atoms with van der Waals surface area (Å²) in [7, 11) is 1.38. The number of anilines is 1. The van der Waals surface area contributed by atoms with Gasteiger partial charge in [0.2, 0.25) is 0 Å². The van der Waals surface area contributed by atoms with Crippen LogP contribution in [0.25, 0.3) is 11.3 Å². The smallest absolute Gasteiger partial charge is 0.410 e. The van der Waals surface area contributed by atoms with Crippen LogP contribution in [0, 0.1) is 0 Å². The molecule has 0 atom stereocenters. The molecular weight excluding hydrogens is 402 g/mol. The van der Waals surface area contributed by atoms with Gasteiger partial charge < -0.3 is 19.3 Å². The molecule has 30 heavy (non-hydrogen) atoms. The lowest BCUT2D eigenvalue weighted by Crippen LogP contribution is -2.50. The van der Waals surface area contributed by atoms with Crippen molar-refractivity contribution in [2.75, 3.05) is 38.2 Å². The number of carbonyl (C=O) groups is 2. The molecule has 1 aliphatic rings. The van der Waals surface area contributed by atoms with Crippen LogP contribution in [0.5, 0.6) is 0 Å². The lowest BCUT2D eigenvalue weighted by molar-refractivity contribution is 0.0240. The first-order valence-corrected chi connectivity index (χ1v) is 10.9. The quantitative estimate of drug-likeness (QED) is 0.675. The van der Waals surface area contributed by atoms with Crippen molar-refractivity contribution in [3.63, 3.8) is 0 Å². The molecule has 3 rings (SSSR count). The summed E-state index contributed by atoms with van der Waals surface area (Å²) >= 11 is 1.68. The summed E-state index contributed by atoms with van der Waals surface area (Å²) in [5.41, 5.74) is 1.96. The highest BCUT2D eigenvalue weighted by atomic mass is 32.1. The number of nitrogens with zero attached hydrogens (tertiary/aromatic N) is 3. The lowest BCUT2D eigenvalue weighted by Gasteiger charge is -2.35. The molecule has 1 fully saturated rings. The fourth-order valence-electron chi connectivity index (χ4n) is 3.23. The Morgan fingerprint density at radius 1 is 1.10 bits per heavy atom. The van der Waals surface area contributed by atoms with Gasteiger partial charge in [-0.3, -0.25) is 0 Å². The maximum Gasteiger partial charge on any atom is 0.410 e. The summed E-state index contributed by atoms with van der Waals surface area (Å²) in [6.45, 7) is 10.4. The molecule has 0 saturated carbocycles. The van der Waals surface area contributed by atoms with Gasteiger partial charge in [-0.25, -0.2) is 14.6 Å². The fourth-order valence-corrected chi connectivity index (χ4v) is 4.30. The van der Waals surface area contributed by atoms with E-state index in [1.165, 1.54) is 12.0 Å². The molecular formula is C22H29N3O4S. The Bertz CT molecular complexity index is 894. The van der Waals surface area contributed by atoms with Crippen molar-refractivity contribution in [1.29, 1.82) is 0 Å². The van der Waals surface area contributed by atoms with Crippen molar-refractivity contribution in [2.24, 2.45) is 0 Å². The van der Waals surface area contributed by atoms with Crippen molar-refractivity contribution in [3.8, 4) is 11.3 Å². The van der Waals surface area contributed by atoms with E-state index in [-0.39, 0.29) is 12.1 Å². The number of hydrogen-bond donors (Lipinski definition) is 0. The van der Waals surface area contributed by atoms with Gasteiger partial charge in [0.15, 0.2) is 5.13 Å². The molecule has 0 bridgehead atoms.